The molecule has 27 heteroatoms. The van der Waals surface area contributed by atoms with E-state index < -0.39 is 156 Å². The van der Waals surface area contributed by atoms with Gasteiger partial charge in [-0.05, 0) is 17.8 Å². The maximum atomic E-state index is 15.4. The number of Topliss-reactive ketones (excluding diaryl/α,β-unsaturated/α-hetero) is 1. The van der Waals surface area contributed by atoms with Gasteiger partial charge in [-0.3, -0.25) is 4.79 Å². The van der Waals surface area contributed by atoms with Gasteiger partial charge < -0.3 is 9.47 Å². The van der Waals surface area contributed by atoms with E-state index in [-0.39, 0.29) is 27.8 Å². The van der Waals surface area contributed by atoms with Crippen molar-refractivity contribution in [2.24, 2.45) is 0 Å². The zero-order chi connectivity index (χ0) is 47.9. The van der Waals surface area contributed by atoms with E-state index in [4.69, 9.17) is 0 Å². The summed E-state index contributed by atoms with van der Waals surface area (Å²) in [5, 5.41) is 0. The number of benzene rings is 4. The number of esters is 2. The van der Waals surface area contributed by atoms with Crippen LogP contribution in [0.1, 0.15) is 6.92 Å². The number of carbonyl (C=O) groups is 3. The Balaban J connectivity index is 0.000000509. The van der Waals surface area contributed by atoms with Crippen molar-refractivity contribution in [2.45, 2.75) is 6.92 Å². The highest BCUT2D eigenvalue weighted by atomic mass is 32.2. The summed E-state index contributed by atoms with van der Waals surface area (Å²) in [4.78, 5) is 34.5. The molecule has 0 aliphatic carbocycles. The molecule has 0 saturated heterocycles. The summed E-state index contributed by atoms with van der Waals surface area (Å²) in [6.45, 7) is 1.31. The molecule has 0 atom stereocenters. The molecule has 4 rings (SSSR count). The number of ether oxygens (including phenoxy) is 2. The van der Waals surface area contributed by atoms with Crippen LogP contribution in [0.15, 0.2) is 11.1 Å². The minimum absolute atomic E-state index is 0.118. The lowest BCUT2D eigenvalue weighted by atomic mass is 9.12. The van der Waals surface area contributed by atoms with Crippen LogP contribution in [-0.2, 0) is 34.8 Å². The average molecular weight is 940 g/mol. The largest absolute Gasteiger partial charge is 0.465 e. The molecule has 0 amide bonds. The first-order chi connectivity index (χ1) is 28.5. The Bertz CT molecular complexity index is 2180. The van der Waals surface area contributed by atoms with Crippen molar-refractivity contribution in [2.75, 3.05) is 32.5 Å². The van der Waals surface area contributed by atoms with Gasteiger partial charge in [0, 0.05) is 0 Å². The molecule has 0 N–H and O–H groups in total. The van der Waals surface area contributed by atoms with E-state index in [0.29, 0.717) is 5.75 Å². The molecule has 0 aliphatic heterocycles. The molecule has 5 nitrogen and oxygen atoms in total. The molecule has 0 unspecified atom stereocenters. The van der Waals surface area contributed by atoms with Gasteiger partial charge in [0.25, 0.3) is 0 Å². The van der Waals surface area contributed by atoms with Gasteiger partial charge in [0.15, 0.2) is 81.2 Å². The second-order valence-electron chi connectivity index (χ2n) is 12.3. The van der Waals surface area contributed by atoms with Gasteiger partial charge in [-0.1, -0.05) is 0 Å². The van der Waals surface area contributed by atoms with Crippen LogP contribution in [0.3, 0.4) is 0 Å². The van der Waals surface area contributed by atoms with E-state index in [9.17, 15) is 67.1 Å². The number of hydrogen-bond acceptors (Lipinski definition) is 5. The summed E-state index contributed by atoms with van der Waals surface area (Å²) in [5.74, 6) is -73.1. The van der Waals surface area contributed by atoms with Crippen molar-refractivity contribution in [1.29, 1.82) is 0 Å². The molecule has 0 spiro atoms. The summed E-state index contributed by atoms with van der Waals surface area (Å²) in [5.41, 5.74) is -14.5. The molecule has 0 saturated carbocycles. The molecule has 4 aromatic carbocycles. The fourth-order valence-corrected chi connectivity index (χ4v) is 6.97. The molecule has 0 aliphatic rings. The van der Waals surface area contributed by atoms with Crippen molar-refractivity contribution in [1.82, 2.24) is 0 Å². The minimum atomic E-state index is -7.22. The maximum absolute atomic E-state index is 15.4. The second-order valence-corrected chi connectivity index (χ2v) is 14.6. The van der Waals surface area contributed by atoms with E-state index in [1.54, 1.807) is 0 Å². The van der Waals surface area contributed by atoms with Crippen molar-refractivity contribution in [3.8, 4) is 0 Å². The third-order valence-electron chi connectivity index (χ3n) is 8.65. The topological polar surface area (TPSA) is 69.7 Å². The monoisotopic (exact) mass is 940 g/mol. The lowest BCUT2D eigenvalue weighted by Gasteiger charge is -2.44. The van der Waals surface area contributed by atoms with Gasteiger partial charge in [-0.25, -0.2) is 97.4 Å². The standard InChI is InChI=1S/C24BF20.C11H17O5S/c26-5-1(6(27)14(35)21(42)13(5)34)25(2-7(28)15(36)22(43)16(37)8(2)29,3-9(30)17(38)23(44)18(39)10(3)31)4-11(32)19(40)24(45)20(41)12(4)33;1-7(12)8(6-17(4)5)9(10(13)15-2)11(14)16-3/h;6H2,1-5H3/q-1;+1. The Morgan fingerprint density at radius 1 is 0.387 bits per heavy atom. The van der Waals surface area contributed by atoms with Crippen LogP contribution in [-0.4, -0.2) is 56.4 Å². The van der Waals surface area contributed by atoms with Crippen LogP contribution in [0.5, 0.6) is 0 Å². The zero-order valence-corrected chi connectivity index (χ0v) is 31.6. The fourth-order valence-electron chi connectivity index (χ4n) is 6.05. The van der Waals surface area contributed by atoms with Crippen LogP contribution in [0.4, 0.5) is 87.8 Å². The predicted molar refractivity (Wildman–Crippen MR) is 175 cm³/mol. The van der Waals surface area contributed by atoms with Gasteiger partial charge in [0.2, 0.25) is 0 Å². The molecule has 62 heavy (non-hydrogen) atoms. The average Bonchev–Trinajstić information content (AvgIpc) is 3.22. The number of ketones is 1. The summed E-state index contributed by atoms with van der Waals surface area (Å²) >= 11 is 0. The SMILES string of the molecule is COC(=O)C(C(=O)OC)=C(C[S+](C)C)C(C)=O.Fc1c(F)c(F)c([B-](c2c(F)c(F)c(F)c(F)c2F)(c2c(F)c(F)c(F)c(F)c2F)c2c(F)c(F)c(F)c(F)c2F)c(F)c1F. The van der Waals surface area contributed by atoms with Crippen molar-refractivity contribution >= 4 is 56.6 Å². The highest BCUT2D eigenvalue weighted by Gasteiger charge is 2.52. The lowest BCUT2D eigenvalue weighted by Crippen LogP contribution is -2.81. The van der Waals surface area contributed by atoms with Crippen molar-refractivity contribution < 1.29 is 112 Å². The number of hydrogen-bond donors (Lipinski definition) is 0. The molecule has 4 aromatic rings. The van der Waals surface area contributed by atoms with Crippen LogP contribution in [0.25, 0.3) is 0 Å². The maximum Gasteiger partial charge on any atom is 0.345 e. The Morgan fingerprint density at radius 2 is 0.565 bits per heavy atom. The minimum Gasteiger partial charge on any atom is -0.465 e. The number of rotatable bonds is 9. The quantitative estimate of drug-likeness (QED) is 0.0240. The highest BCUT2D eigenvalue weighted by Crippen LogP contribution is 2.31. The Kier molecular flexibility index (Phi) is 15.3. The van der Waals surface area contributed by atoms with Gasteiger partial charge >= 0.3 is 11.9 Å². The smallest absolute Gasteiger partial charge is 0.345 e. The summed E-state index contributed by atoms with van der Waals surface area (Å²) in [6, 6.07) is 0. The Morgan fingerprint density at radius 3 is 0.710 bits per heavy atom. The molecule has 0 heterocycles. The fraction of sp³-hybridized carbons (Fsp3) is 0.171. The highest BCUT2D eigenvalue weighted by molar-refractivity contribution is 7.95. The summed E-state index contributed by atoms with van der Waals surface area (Å²) < 4.78 is 303. The zero-order valence-electron chi connectivity index (χ0n) is 30.8. The normalized spacial score (nSPS) is 11.4. The summed E-state index contributed by atoms with van der Waals surface area (Å²) in [6.07, 6.45) is -3.39. The molecular formula is C35H17BF20O5S. The first-order valence-corrected chi connectivity index (χ1v) is 17.9. The van der Waals surface area contributed by atoms with Gasteiger partial charge in [0.05, 0.1) is 32.3 Å². The third-order valence-corrected chi connectivity index (χ3v) is 9.51. The third kappa shape index (κ3) is 8.05. The number of halogens is 20. The van der Waals surface area contributed by atoms with Crippen LogP contribution >= 0.6 is 0 Å². The predicted octanol–water partition coefficient (Wildman–Crippen LogP) is 5.94. The molecule has 0 fully saturated rings. The van der Waals surface area contributed by atoms with Crippen LogP contribution in [0, 0.1) is 116 Å². The summed E-state index contributed by atoms with van der Waals surface area (Å²) in [7, 11) is 2.19. The molecule has 336 valence electrons. The van der Waals surface area contributed by atoms with E-state index in [1.807, 2.05) is 12.5 Å². The van der Waals surface area contributed by atoms with E-state index in [1.165, 1.54) is 6.92 Å². The Hall–Kier alpha value is -5.76. The van der Waals surface area contributed by atoms with E-state index in [0.717, 1.165) is 14.2 Å². The van der Waals surface area contributed by atoms with Crippen LogP contribution in [0.2, 0.25) is 0 Å². The second kappa shape index (κ2) is 18.7. The van der Waals surface area contributed by atoms with Gasteiger partial charge in [0.1, 0.15) is 58.4 Å². The first kappa shape index (κ1) is 50.6. The van der Waals surface area contributed by atoms with Gasteiger partial charge in [-0.15, -0.1) is 21.9 Å². The number of carbonyl (C=O) groups excluding carboxylic acids is 3. The lowest BCUT2D eigenvalue weighted by molar-refractivity contribution is -0.144. The number of methoxy groups -OCH3 is 2. The van der Waals surface area contributed by atoms with E-state index in [2.05, 4.69) is 9.47 Å². The van der Waals surface area contributed by atoms with E-state index >= 15 is 35.1 Å². The molecule has 0 radical (unpaired) electrons. The molecule has 0 bridgehead atoms. The first-order valence-electron chi connectivity index (χ1n) is 15.7. The van der Waals surface area contributed by atoms with Crippen molar-refractivity contribution in [3.63, 3.8) is 0 Å². The Labute approximate surface area is 335 Å². The molecule has 0 aromatic heterocycles. The van der Waals surface area contributed by atoms with Crippen molar-refractivity contribution in [3.05, 3.63) is 127 Å². The van der Waals surface area contributed by atoms with Crippen LogP contribution < -0.4 is 21.9 Å². The molecular weight excluding hydrogens is 923 g/mol. The van der Waals surface area contributed by atoms with Gasteiger partial charge in [-0.2, -0.15) is 0 Å².